The summed E-state index contributed by atoms with van der Waals surface area (Å²) in [4.78, 5) is 10.9. The predicted molar refractivity (Wildman–Crippen MR) is 259 cm³/mol. The van der Waals surface area contributed by atoms with Crippen LogP contribution in [0.3, 0.4) is 0 Å². The first-order valence-corrected chi connectivity index (χ1v) is 21.6. The van der Waals surface area contributed by atoms with E-state index in [1.165, 1.54) is 27.8 Å². The second-order valence-electron chi connectivity index (χ2n) is 16.6. The Kier molecular flexibility index (Phi) is 8.62. The molecule has 2 heterocycles. The van der Waals surface area contributed by atoms with Crippen molar-refractivity contribution in [1.29, 1.82) is 0 Å². The SMILES string of the molecule is CC1(c2ccccc2)c2ccccc2-c2cccc(-c3cc(-c4cc(-c5ccccc5-c5ccccc5)cc(-c5cccc6c5oc5ccccc56)c4)nc(-c4ccccc4)n3)c21. The van der Waals surface area contributed by atoms with Crippen molar-refractivity contribution in [2.75, 3.05) is 0 Å². The van der Waals surface area contributed by atoms with Crippen molar-refractivity contribution in [1.82, 2.24) is 9.97 Å². The number of furan rings is 1. The molecular formula is C60H40N2O. The van der Waals surface area contributed by atoms with Gasteiger partial charge in [-0.1, -0.05) is 194 Å². The average molecular weight is 805 g/mol. The van der Waals surface area contributed by atoms with Gasteiger partial charge in [-0.15, -0.1) is 0 Å². The van der Waals surface area contributed by atoms with E-state index in [2.05, 4.69) is 213 Å². The summed E-state index contributed by atoms with van der Waals surface area (Å²) in [6.45, 7) is 2.37. The van der Waals surface area contributed by atoms with Crippen LogP contribution in [0.25, 0.3) is 100 Å². The molecular weight excluding hydrogens is 765 g/mol. The van der Waals surface area contributed by atoms with Crippen LogP contribution in [0.2, 0.25) is 0 Å². The Bertz CT molecular complexity index is 3520. The van der Waals surface area contributed by atoms with Crippen LogP contribution in [0, 0.1) is 0 Å². The zero-order valence-electron chi connectivity index (χ0n) is 34.7. The maximum Gasteiger partial charge on any atom is 0.160 e. The van der Waals surface area contributed by atoms with E-state index >= 15 is 0 Å². The van der Waals surface area contributed by atoms with Crippen LogP contribution < -0.4 is 0 Å². The standard InChI is InChI=1S/C60H40N2O/c1-60(44-23-9-4-10-24-44)53-33-15-13-27-48(53)50-30-18-32-52(57(50)60)55-38-54(61-59(62-55)40-21-7-3-8-22-40)43-36-41(46-26-12-11-25-45(46)39-19-5-2-6-20-39)35-42(37-43)47-29-17-31-51-49-28-14-16-34-56(49)63-58(47)51/h2-38H,1H3. The van der Waals surface area contributed by atoms with E-state index < -0.39 is 5.41 Å². The number of benzene rings is 9. The van der Waals surface area contributed by atoms with Gasteiger partial charge in [-0.05, 0) is 92.9 Å². The summed E-state index contributed by atoms with van der Waals surface area (Å²) in [5, 5.41) is 2.20. The van der Waals surface area contributed by atoms with Crippen molar-refractivity contribution in [3.05, 3.63) is 241 Å². The lowest BCUT2D eigenvalue weighted by Gasteiger charge is -2.30. The fourth-order valence-electron chi connectivity index (χ4n) is 10.0. The van der Waals surface area contributed by atoms with Crippen molar-refractivity contribution in [2.45, 2.75) is 12.3 Å². The minimum Gasteiger partial charge on any atom is -0.455 e. The highest BCUT2D eigenvalue weighted by molar-refractivity contribution is 6.10. The molecule has 0 N–H and O–H groups in total. The fourth-order valence-corrected chi connectivity index (χ4v) is 10.0. The molecule has 2 aromatic heterocycles. The van der Waals surface area contributed by atoms with Crippen LogP contribution in [0.5, 0.6) is 0 Å². The van der Waals surface area contributed by atoms with E-state index in [9.17, 15) is 0 Å². The molecule has 0 amide bonds. The van der Waals surface area contributed by atoms with Crippen LogP contribution in [0.4, 0.5) is 0 Å². The zero-order chi connectivity index (χ0) is 41.9. The fraction of sp³-hybridized carbons (Fsp3) is 0.0333. The largest absolute Gasteiger partial charge is 0.455 e. The Morgan fingerprint density at radius 2 is 0.889 bits per heavy atom. The minimum atomic E-state index is -0.415. The summed E-state index contributed by atoms with van der Waals surface area (Å²) in [6.07, 6.45) is 0. The number of aromatic nitrogens is 2. The molecule has 1 atom stereocenters. The smallest absolute Gasteiger partial charge is 0.160 e. The van der Waals surface area contributed by atoms with Gasteiger partial charge in [0, 0.05) is 38.4 Å². The first-order valence-electron chi connectivity index (χ1n) is 21.6. The van der Waals surface area contributed by atoms with E-state index in [4.69, 9.17) is 14.4 Å². The third-order valence-electron chi connectivity index (χ3n) is 13.0. The van der Waals surface area contributed by atoms with E-state index in [0.717, 1.165) is 83.4 Å². The number of para-hydroxylation sites is 2. The summed E-state index contributed by atoms with van der Waals surface area (Å²) < 4.78 is 6.68. The third-order valence-corrected chi connectivity index (χ3v) is 13.0. The topological polar surface area (TPSA) is 38.9 Å². The van der Waals surface area contributed by atoms with Gasteiger partial charge in [0.2, 0.25) is 0 Å². The number of hydrogen-bond acceptors (Lipinski definition) is 3. The summed E-state index contributed by atoms with van der Waals surface area (Å²) >= 11 is 0. The first-order chi connectivity index (χ1) is 31.1. The highest BCUT2D eigenvalue weighted by Crippen LogP contribution is 2.55. The zero-order valence-corrected chi connectivity index (χ0v) is 34.7. The van der Waals surface area contributed by atoms with Gasteiger partial charge in [0.15, 0.2) is 5.82 Å². The summed E-state index contributed by atoms with van der Waals surface area (Å²) in [7, 11) is 0. The number of hydrogen-bond donors (Lipinski definition) is 0. The molecule has 0 saturated carbocycles. The molecule has 12 rings (SSSR count). The maximum atomic E-state index is 6.68. The summed E-state index contributed by atoms with van der Waals surface area (Å²) in [5.41, 5.74) is 19.0. The lowest BCUT2D eigenvalue weighted by Crippen LogP contribution is -2.23. The highest BCUT2D eigenvalue weighted by atomic mass is 16.3. The second-order valence-corrected chi connectivity index (χ2v) is 16.6. The van der Waals surface area contributed by atoms with E-state index in [1.807, 2.05) is 18.2 Å². The molecule has 3 nitrogen and oxygen atoms in total. The number of rotatable bonds is 7. The first kappa shape index (κ1) is 36.7. The number of nitrogens with zero attached hydrogens (tertiary/aromatic N) is 2. The van der Waals surface area contributed by atoms with Crippen LogP contribution in [-0.4, -0.2) is 9.97 Å². The molecule has 296 valence electrons. The van der Waals surface area contributed by atoms with Crippen molar-refractivity contribution in [3.8, 4) is 78.4 Å². The predicted octanol–water partition coefficient (Wildman–Crippen LogP) is 15.7. The maximum absolute atomic E-state index is 6.68. The second kappa shape index (κ2) is 14.8. The molecule has 1 aliphatic rings. The number of fused-ring (bicyclic) bond motifs is 6. The average Bonchev–Trinajstić information content (AvgIpc) is 3.88. The van der Waals surface area contributed by atoms with Gasteiger partial charge >= 0.3 is 0 Å². The molecule has 3 heteroatoms. The van der Waals surface area contributed by atoms with Gasteiger partial charge < -0.3 is 4.42 Å². The van der Waals surface area contributed by atoms with Crippen LogP contribution in [-0.2, 0) is 5.41 Å². The van der Waals surface area contributed by atoms with Crippen LogP contribution in [0.15, 0.2) is 229 Å². The van der Waals surface area contributed by atoms with Crippen molar-refractivity contribution < 1.29 is 4.42 Å². The molecule has 0 radical (unpaired) electrons. The highest BCUT2D eigenvalue weighted by Gasteiger charge is 2.42. The van der Waals surface area contributed by atoms with Gasteiger partial charge in [0.05, 0.1) is 11.4 Å². The van der Waals surface area contributed by atoms with Crippen LogP contribution >= 0.6 is 0 Å². The minimum absolute atomic E-state index is 0.415. The third kappa shape index (κ3) is 6.04. The van der Waals surface area contributed by atoms with E-state index in [0.29, 0.717) is 5.82 Å². The molecule has 1 aliphatic carbocycles. The van der Waals surface area contributed by atoms with Crippen molar-refractivity contribution >= 4 is 21.9 Å². The van der Waals surface area contributed by atoms with Gasteiger partial charge in [-0.2, -0.15) is 0 Å². The van der Waals surface area contributed by atoms with E-state index in [1.54, 1.807) is 0 Å². The molecule has 1 unspecified atom stereocenters. The molecule has 11 aromatic rings. The Morgan fingerprint density at radius 3 is 1.67 bits per heavy atom. The Balaban J connectivity index is 1.13. The molecule has 0 saturated heterocycles. The molecule has 0 spiro atoms. The molecule has 0 aliphatic heterocycles. The molecule has 0 bridgehead atoms. The monoisotopic (exact) mass is 804 g/mol. The quantitative estimate of drug-likeness (QED) is 0.161. The molecule has 0 fully saturated rings. The van der Waals surface area contributed by atoms with Crippen molar-refractivity contribution in [3.63, 3.8) is 0 Å². The van der Waals surface area contributed by atoms with Gasteiger partial charge in [-0.25, -0.2) is 9.97 Å². The summed E-state index contributed by atoms with van der Waals surface area (Å²) in [6, 6.07) is 80.0. The van der Waals surface area contributed by atoms with Gasteiger partial charge in [0.25, 0.3) is 0 Å². The Labute approximate surface area is 366 Å². The molecule has 9 aromatic carbocycles. The summed E-state index contributed by atoms with van der Waals surface area (Å²) in [5.74, 6) is 0.675. The van der Waals surface area contributed by atoms with Gasteiger partial charge in [-0.3, -0.25) is 0 Å². The lowest BCUT2D eigenvalue weighted by atomic mass is 9.72. The van der Waals surface area contributed by atoms with Gasteiger partial charge in [0.1, 0.15) is 11.2 Å². The Hall–Kier alpha value is -8.14. The van der Waals surface area contributed by atoms with Crippen molar-refractivity contribution in [2.24, 2.45) is 0 Å². The Morgan fingerprint density at radius 1 is 0.365 bits per heavy atom. The normalized spacial score (nSPS) is 14.2. The lowest BCUT2D eigenvalue weighted by molar-refractivity contribution is 0.670. The van der Waals surface area contributed by atoms with Crippen LogP contribution in [0.1, 0.15) is 23.6 Å². The molecule has 63 heavy (non-hydrogen) atoms. The van der Waals surface area contributed by atoms with E-state index in [-0.39, 0.29) is 0 Å².